The van der Waals surface area contributed by atoms with Gasteiger partial charge in [-0.05, 0) is 38.0 Å². The van der Waals surface area contributed by atoms with E-state index in [0.29, 0.717) is 6.73 Å². The minimum atomic E-state index is 0. The molecule has 270 valence electrons. The average Bonchev–Trinajstić information content (AvgIpc) is 3.36. The molecule has 4 rings (SSSR count). The maximum absolute atomic E-state index is 13.5. The fourth-order valence-electron chi connectivity index (χ4n) is 7.04. The second-order valence-electron chi connectivity index (χ2n) is 14.5. The van der Waals surface area contributed by atoms with Gasteiger partial charge in [-0.2, -0.15) is 0 Å². The van der Waals surface area contributed by atoms with Gasteiger partial charge in [0.15, 0.2) is 0 Å². The molecule has 2 aliphatic rings. The summed E-state index contributed by atoms with van der Waals surface area (Å²) in [7, 11) is 2.25. The Morgan fingerprint density at radius 2 is 1.42 bits per heavy atom. The zero-order valence-electron chi connectivity index (χ0n) is 30.7. The Labute approximate surface area is 314 Å². The fraction of sp³-hybridized carbons (Fsp3) is 0.700. The smallest absolute Gasteiger partial charge is 0.313 e. The topological polar surface area (TPSA) is 53.9 Å². The molecular formula is C40H65IN4O2S. The lowest BCUT2D eigenvalue weighted by molar-refractivity contribution is -0.929. The Morgan fingerprint density at radius 3 is 2.00 bits per heavy atom. The summed E-state index contributed by atoms with van der Waals surface area (Å²) < 4.78 is 6.94. The number of quaternary nitrogens is 1. The molecule has 1 fully saturated rings. The highest BCUT2D eigenvalue weighted by Crippen LogP contribution is 2.39. The van der Waals surface area contributed by atoms with Crippen molar-refractivity contribution in [2.45, 2.75) is 136 Å². The number of aliphatic imine (C=N–C) groups is 1. The van der Waals surface area contributed by atoms with Crippen molar-refractivity contribution in [3.63, 3.8) is 0 Å². The number of amidine groups is 1. The summed E-state index contributed by atoms with van der Waals surface area (Å²) in [5.41, 5.74) is 3.24. The number of hydrogen-bond donors (Lipinski definition) is 1. The first-order valence-electron chi connectivity index (χ1n) is 19.2. The first kappa shape index (κ1) is 40.8. The monoisotopic (exact) mass is 792 g/mol. The number of nitrogens with zero attached hydrogens (tertiary/aromatic N) is 3. The molecule has 3 heterocycles. The highest BCUT2D eigenvalue weighted by atomic mass is 127. The Hall–Kier alpha value is -1.65. The molecule has 48 heavy (non-hydrogen) atoms. The normalized spacial score (nSPS) is 15.2. The summed E-state index contributed by atoms with van der Waals surface area (Å²) in [5, 5.41) is 4.80. The van der Waals surface area contributed by atoms with Crippen LogP contribution in [0.25, 0.3) is 0 Å². The van der Waals surface area contributed by atoms with E-state index in [9.17, 15) is 4.79 Å². The SMILES string of the molecule is CCCCCCCCCCC(CCCCCCCCCC)C(=O)OC[N+]1(C)CCN(C2=Nc3ccccc3Nc3sc(C)cc32)CC1.[I-]. The van der Waals surface area contributed by atoms with E-state index in [4.69, 9.17) is 9.73 Å². The van der Waals surface area contributed by atoms with Crippen LogP contribution in [0.4, 0.5) is 16.4 Å². The lowest BCUT2D eigenvalue weighted by atomic mass is 9.94. The lowest BCUT2D eigenvalue weighted by Gasteiger charge is -2.42. The predicted molar refractivity (Wildman–Crippen MR) is 201 cm³/mol. The van der Waals surface area contributed by atoms with Gasteiger partial charge in [0.05, 0.1) is 56.1 Å². The van der Waals surface area contributed by atoms with E-state index in [0.717, 1.165) is 73.6 Å². The third-order valence-electron chi connectivity index (χ3n) is 10.3. The van der Waals surface area contributed by atoms with Crippen LogP contribution in [0.3, 0.4) is 0 Å². The van der Waals surface area contributed by atoms with Gasteiger partial charge in [0.25, 0.3) is 0 Å². The fourth-order valence-corrected chi connectivity index (χ4v) is 7.96. The van der Waals surface area contributed by atoms with Gasteiger partial charge in [-0.1, -0.05) is 129 Å². The number of hydrogen-bond acceptors (Lipinski definition) is 6. The molecule has 6 nitrogen and oxygen atoms in total. The number of thiophene rings is 1. The lowest BCUT2D eigenvalue weighted by Crippen LogP contribution is -3.00. The van der Waals surface area contributed by atoms with Gasteiger partial charge in [0.2, 0.25) is 6.73 Å². The van der Waals surface area contributed by atoms with Crippen molar-refractivity contribution < 1.29 is 38.0 Å². The number of carbonyl (C=O) groups is 1. The van der Waals surface area contributed by atoms with Crippen LogP contribution in [0.1, 0.15) is 140 Å². The Morgan fingerprint density at radius 1 is 0.875 bits per heavy atom. The number of anilines is 2. The maximum atomic E-state index is 13.5. The predicted octanol–water partition coefficient (Wildman–Crippen LogP) is 8.14. The van der Waals surface area contributed by atoms with Crippen LogP contribution in [0.15, 0.2) is 35.3 Å². The Balaban J connectivity index is 0.00000625. The maximum Gasteiger partial charge on any atom is 0.313 e. The number of fused-ring (bicyclic) bond motifs is 2. The van der Waals surface area contributed by atoms with Gasteiger partial charge in [-0.3, -0.25) is 9.28 Å². The van der Waals surface area contributed by atoms with E-state index in [2.05, 4.69) is 68.4 Å². The first-order valence-corrected chi connectivity index (χ1v) is 20.0. The van der Waals surface area contributed by atoms with Crippen LogP contribution in [0.2, 0.25) is 0 Å². The van der Waals surface area contributed by atoms with Crippen LogP contribution < -0.4 is 29.3 Å². The van der Waals surface area contributed by atoms with Crippen LogP contribution in [0, 0.1) is 12.8 Å². The molecule has 0 radical (unpaired) electrons. The molecule has 0 spiro atoms. The quantitative estimate of drug-likeness (QED) is 0.0601. The van der Waals surface area contributed by atoms with Crippen molar-refractivity contribution in [3.05, 3.63) is 40.8 Å². The van der Waals surface area contributed by atoms with E-state index in [-0.39, 0.29) is 35.9 Å². The standard InChI is InChI=1S/C40H65N4O2S.HI/c1-5-7-9-11-13-15-17-19-23-34(24-20-18-16-14-12-10-8-6-2)40(45)46-32-44(4)29-27-43(28-30-44)38-35-31-33(3)47-39(35)42-37-26-22-21-25-36(37)41-38;/h21-22,25-26,31,34,42H,5-20,23-24,27-30,32H2,1-4H3;1H/q+1;/p-1. The van der Waals surface area contributed by atoms with E-state index in [1.807, 2.05) is 0 Å². The molecule has 0 amide bonds. The van der Waals surface area contributed by atoms with Crippen molar-refractivity contribution in [3.8, 4) is 0 Å². The van der Waals surface area contributed by atoms with Gasteiger partial charge < -0.3 is 38.9 Å². The number of carbonyl (C=O) groups excluding carboxylic acids is 1. The van der Waals surface area contributed by atoms with Crippen LogP contribution in [0.5, 0.6) is 0 Å². The van der Waals surface area contributed by atoms with Crippen molar-refractivity contribution in [1.29, 1.82) is 0 Å². The Kier molecular flexibility index (Phi) is 18.9. The number of rotatable bonds is 21. The number of unbranched alkanes of at least 4 members (excludes halogenated alkanes) is 14. The third-order valence-corrected chi connectivity index (χ3v) is 11.2. The second-order valence-corrected chi connectivity index (χ2v) is 15.8. The van der Waals surface area contributed by atoms with E-state index >= 15 is 0 Å². The number of piperazine rings is 1. The minimum absolute atomic E-state index is 0. The summed E-state index contributed by atoms with van der Waals surface area (Å²) >= 11 is 1.79. The summed E-state index contributed by atoms with van der Waals surface area (Å²) in [6.07, 6.45) is 22.8. The molecule has 8 heteroatoms. The minimum Gasteiger partial charge on any atom is -1.00 e. The second kappa shape index (κ2) is 22.2. The molecule has 2 aliphatic heterocycles. The molecule has 0 aliphatic carbocycles. The van der Waals surface area contributed by atoms with Gasteiger partial charge in [0.1, 0.15) is 10.8 Å². The number of esters is 1. The molecule has 0 atom stereocenters. The highest BCUT2D eigenvalue weighted by molar-refractivity contribution is 7.16. The highest BCUT2D eigenvalue weighted by Gasteiger charge is 2.34. The zero-order valence-corrected chi connectivity index (χ0v) is 33.6. The van der Waals surface area contributed by atoms with Gasteiger partial charge in [-0.15, -0.1) is 11.3 Å². The number of para-hydroxylation sites is 2. The van der Waals surface area contributed by atoms with Gasteiger partial charge in [0, 0.05) is 4.88 Å². The molecule has 2 aromatic rings. The van der Waals surface area contributed by atoms with Crippen molar-refractivity contribution in [2.75, 3.05) is 45.3 Å². The average molecular weight is 793 g/mol. The summed E-state index contributed by atoms with van der Waals surface area (Å²) in [6.45, 7) is 10.8. The number of aryl methyl sites for hydroxylation is 1. The van der Waals surface area contributed by atoms with Gasteiger partial charge in [-0.25, -0.2) is 4.99 Å². The molecular weight excluding hydrogens is 727 g/mol. The largest absolute Gasteiger partial charge is 1.00 e. The summed E-state index contributed by atoms with van der Waals surface area (Å²) in [4.78, 5) is 22.4. The number of nitrogens with one attached hydrogen (secondary N) is 1. The number of halogens is 1. The molecule has 0 saturated carbocycles. The first-order chi connectivity index (χ1) is 22.9. The zero-order chi connectivity index (χ0) is 33.3. The molecule has 1 N–H and O–H groups in total. The molecule has 0 bridgehead atoms. The van der Waals surface area contributed by atoms with Crippen LogP contribution >= 0.6 is 11.3 Å². The van der Waals surface area contributed by atoms with Gasteiger partial charge >= 0.3 is 5.97 Å². The Bertz CT molecular complexity index is 1220. The van der Waals surface area contributed by atoms with E-state index in [1.165, 1.54) is 105 Å². The number of benzene rings is 1. The van der Waals surface area contributed by atoms with Crippen molar-refractivity contribution in [2.24, 2.45) is 10.9 Å². The summed E-state index contributed by atoms with van der Waals surface area (Å²) in [5.74, 6) is 1.16. The molecule has 1 saturated heterocycles. The van der Waals surface area contributed by atoms with Crippen LogP contribution in [-0.4, -0.2) is 61.1 Å². The van der Waals surface area contributed by atoms with Crippen molar-refractivity contribution in [1.82, 2.24) is 4.90 Å². The summed E-state index contributed by atoms with van der Waals surface area (Å²) in [6, 6.07) is 10.6. The van der Waals surface area contributed by atoms with E-state index in [1.54, 1.807) is 11.3 Å². The number of likely N-dealkylation sites (N-methyl/N-ethyl adjacent to an activating group) is 1. The molecule has 0 unspecified atom stereocenters. The van der Waals surface area contributed by atoms with Crippen molar-refractivity contribution >= 4 is 39.5 Å². The molecule has 1 aromatic carbocycles. The third kappa shape index (κ3) is 13.2. The van der Waals surface area contributed by atoms with E-state index < -0.39 is 0 Å². The number of ether oxygens (including phenoxy) is 1. The van der Waals surface area contributed by atoms with Crippen LogP contribution in [-0.2, 0) is 9.53 Å². The molecule has 1 aromatic heterocycles.